The quantitative estimate of drug-likeness (QED) is 0.309. The molecule has 0 heterocycles. The fourth-order valence-electron chi connectivity index (χ4n) is 3.23. The van der Waals surface area contributed by atoms with Gasteiger partial charge in [-0.05, 0) is 60.7 Å². The van der Waals surface area contributed by atoms with E-state index in [9.17, 15) is 18.0 Å². The smallest absolute Gasteiger partial charge is 0.262 e. The molecular formula is C27H23N3O5S. The molecule has 36 heavy (non-hydrogen) atoms. The largest absolute Gasteiger partial charge is 0.455 e. The average molecular weight is 502 g/mol. The lowest BCUT2D eigenvalue weighted by atomic mass is 10.2. The van der Waals surface area contributed by atoms with Gasteiger partial charge in [-0.1, -0.05) is 48.5 Å². The molecule has 0 saturated heterocycles. The third-order valence-electron chi connectivity index (χ3n) is 5.00. The summed E-state index contributed by atoms with van der Waals surface area (Å²) in [6, 6.07) is 30.0. The Balaban J connectivity index is 1.39. The summed E-state index contributed by atoms with van der Waals surface area (Å²) >= 11 is 0. The fourth-order valence-corrected chi connectivity index (χ4v) is 4.30. The van der Waals surface area contributed by atoms with E-state index in [0.29, 0.717) is 17.2 Å². The second-order valence-electron chi connectivity index (χ2n) is 7.64. The Morgan fingerprint density at radius 3 is 2.03 bits per heavy atom. The summed E-state index contributed by atoms with van der Waals surface area (Å²) in [6.45, 7) is -0.229. The lowest BCUT2D eigenvalue weighted by Gasteiger charge is -2.13. The van der Waals surface area contributed by atoms with Crippen LogP contribution >= 0.6 is 0 Å². The van der Waals surface area contributed by atoms with Gasteiger partial charge in [0.1, 0.15) is 5.75 Å². The fraction of sp³-hybridized carbons (Fsp3) is 0.0370. The number of benzene rings is 4. The van der Waals surface area contributed by atoms with E-state index < -0.39 is 15.9 Å². The minimum absolute atomic E-state index is 0.0321. The molecule has 0 fully saturated rings. The molecule has 3 N–H and O–H groups in total. The summed E-state index contributed by atoms with van der Waals surface area (Å²) in [5, 5.41) is 5.18. The minimum Gasteiger partial charge on any atom is -0.455 e. The van der Waals surface area contributed by atoms with Gasteiger partial charge in [0.25, 0.3) is 15.9 Å². The molecule has 0 aliphatic heterocycles. The van der Waals surface area contributed by atoms with E-state index in [2.05, 4.69) is 15.4 Å². The number of hydrogen-bond acceptors (Lipinski definition) is 5. The molecule has 0 radical (unpaired) electrons. The van der Waals surface area contributed by atoms with Crippen LogP contribution in [0, 0.1) is 0 Å². The minimum atomic E-state index is -3.96. The third kappa shape index (κ3) is 6.49. The zero-order valence-electron chi connectivity index (χ0n) is 19.0. The molecule has 2 amide bonds. The van der Waals surface area contributed by atoms with Crippen molar-refractivity contribution in [3.63, 3.8) is 0 Å². The lowest BCUT2D eigenvalue weighted by molar-refractivity contribution is -0.115. The van der Waals surface area contributed by atoms with Crippen LogP contribution in [-0.4, -0.2) is 26.8 Å². The molecule has 182 valence electrons. The predicted octanol–water partition coefficient (Wildman–Crippen LogP) is 4.65. The molecule has 0 aliphatic rings. The highest BCUT2D eigenvalue weighted by atomic mass is 32.2. The monoisotopic (exact) mass is 501 g/mol. The van der Waals surface area contributed by atoms with Crippen LogP contribution in [0.25, 0.3) is 0 Å². The highest BCUT2D eigenvalue weighted by molar-refractivity contribution is 7.92. The van der Waals surface area contributed by atoms with Crippen molar-refractivity contribution in [1.82, 2.24) is 5.32 Å². The Labute approximate surface area is 209 Å². The van der Waals surface area contributed by atoms with Gasteiger partial charge in [0.05, 0.1) is 17.1 Å². The van der Waals surface area contributed by atoms with Crippen LogP contribution in [0.4, 0.5) is 11.4 Å². The normalized spacial score (nSPS) is 10.8. The summed E-state index contributed by atoms with van der Waals surface area (Å²) < 4.78 is 34.3. The van der Waals surface area contributed by atoms with Crippen molar-refractivity contribution in [3.05, 3.63) is 115 Å². The Hall–Kier alpha value is -4.63. The first kappa shape index (κ1) is 24.5. The molecule has 0 aromatic heterocycles. The summed E-state index contributed by atoms with van der Waals surface area (Å²) in [5.74, 6) is 0.0278. The molecule has 9 heteroatoms. The highest BCUT2D eigenvalue weighted by Gasteiger charge is 2.18. The molecule has 0 aliphatic carbocycles. The number of sulfonamides is 1. The van der Waals surface area contributed by atoms with Gasteiger partial charge in [-0.15, -0.1) is 0 Å². The van der Waals surface area contributed by atoms with Crippen LogP contribution in [0.15, 0.2) is 114 Å². The molecular weight excluding hydrogens is 478 g/mol. The molecule has 8 nitrogen and oxygen atoms in total. The van der Waals surface area contributed by atoms with E-state index in [1.165, 1.54) is 24.3 Å². The van der Waals surface area contributed by atoms with Crippen LogP contribution in [0.1, 0.15) is 10.4 Å². The standard InChI is InChI=1S/C27H23N3O5S/c31-26(29-21-9-3-1-4-10-21)19-28-27(32)20-15-17-23(18-16-20)36(33,34)30-24-13-7-8-14-25(24)35-22-11-5-2-6-12-22/h1-18,30H,19H2,(H,28,32)(H,29,31). The van der Waals surface area contributed by atoms with Crippen LogP contribution in [0.3, 0.4) is 0 Å². The number of para-hydroxylation sites is 4. The van der Waals surface area contributed by atoms with Gasteiger partial charge in [-0.2, -0.15) is 0 Å². The zero-order chi connectivity index (χ0) is 25.4. The van der Waals surface area contributed by atoms with Gasteiger partial charge in [0, 0.05) is 11.3 Å². The number of nitrogens with one attached hydrogen (secondary N) is 3. The molecule has 4 rings (SSSR count). The van der Waals surface area contributed by atoms with Crippen LogP contribution < -0.4 is 20.1 Å². The zero-order valence-corrected chi connectivity index (χ0v) is 19.9. The predicted molar refractivity (Wildman–Crippen MR) is 138 cm³/mol. The summed E-state index contributed by atoms with van der Waals surface area (Å²) in [5.41, 5.74) is 1.11. The molecule has 0 unspecified atom stereocenters. The second-order valence-corrected chi connectivity index (χ2v) is 9.32. The molecule has 0 spiro atoms. The summed E-state index contributed by atoms with van der Waals surface area (Å²) in [4.78, 5) is 24.4. The van der Waals surface area contributed by atoms with Gasteiger partial charge in [-0.25, -0.2) is 8.42 Å². The number of hydrogen-bond donors (Lipinski definition) is 3. The van der Waals surface area contributed by atoms with Gasteiger partial charge in [0.15, 0.2) is 5.75 Å². The SMILES string of the molecule is O=C(CNC(=O)c1ccc(S(=O)(=O)Nc2ccccc2Oc2ccccc2)cc1)Nc1ccccc1. The van der Waals surface area contributed by atoms with Crippen LogP contribution in [-0.2, 0) is 14.8 Å². The summed E-state index contributed by atoms with van der Waals surface area (Å²) in [7, 11) is -3.96. The Morgan fingerprint density at radius 1 is 0.722 bits per heavy atom. The topological polar surface area (TPSA) is 114 Å². The number of carbonyl (C=O) groups is 2. The Bertz CT molecular complexity index is 1440. The molecule has 0 atom stereocenters. The summed E-state index contributed by atoms with van der Waals surface area (Å²) in [6.07, 6.45) is 0. The number of carbonyl (C=O) groups excluding carboxylic acids is 2. The lowest BCUT2D eigenvalue weighted by Crippen LogP contribution is -2.32. The average Bonchev–Trinajstić information content (AvgIpc) is 2.89. The number of rotatable bonds is 9. The van der Waals surface area contributed by atoms with Gasteiger partial charge < -0.3 is 15.4 Å². The molecule has 0 bridgehead atoms. The molecule has 4 aromatic rings. The van der Waals surface area contributed by atoms with Gasteiger partial charge >= 0.3 is 0 Å². The van der Waals surface area contributed by atoms with Crippen LogP contribution in [0.2, 0.25) is 0 Å². The maximum atomic E-state index is 13.0. The number of ether oxygens (including phenoxy) is 1. The number of amides is 2. The molecule has 4 aromatic carbocycles. The van der Waals surface area contributed by atoms with Crippen molar-refractivity contribution in [2.75, 3.05) is 16.6 Å². The number of anilines is 2. The Morgan fingerprint density at radius 2 is 1.33 bits per heavy atom. The van der Waals surface area contributed by atoms with Crippen molar-refractivity contribution < 1.29 is 22.7 Å². The van der Waals surface area contributed by atoms with Crippen molar-refractivity contribution >= 4 is 33.2 Å². The third-order valence-corrected chi connectivity index (χ3v) is 6.38. The highest BCUT2D eigenvalue weighted by Crippen LogP contribution is 2.30. The van der Waals surface area contributed by atoms with Crippen LogP contribution in [0.5, 0.6) is 11.5 Å². The van der Waals surface area contributed by atoms with E-state index in [0.717, 1.165) is 0 Å². The first-order valence-electron chi connectivity index (χ1n) is 11.0. The Kier molecular flexibility index (Phi) is 7.62. The first-order chi connectivity index (χ1) is 17.4. The van der Waals surface area contributed by atoms with E-state index in [1.54, 1.807) is 60.7 Å². The first-order valence-corrected chi connectivity index (χ1v) is 12.5. The van der Waals surface area contributed by atoms with E-state index in [-0.39, 0.29) is 28.6 Å². The van der Waals surface area contributed by atoms with Gasteiger partial charge in [-0.3, -0.25) is 14.3 Å². The maximum Gasteiger partial charge on any atom is 0.262 e. The second kappa shape index (κ2) is 11.2. The molecule has 0 saturated carbocycles. The van der Waals surface area contributed by atoms with Gasteiger partial charge in [0.2, 0.25) is 5.91 Å². The van der Waals surface area contributed by atoms with Crippen molar-refractivity contribution in [2.24, 2.45) is 0 Å². The van der Waals surface area contributed by atoms with Crippen molar-refractivity contribution in [1.29, 1.82) is 0 Å². The van der Waals surface area contributed by atoms with E-state index in [4.69, 9.17) is 4.74 Å². The van der Waals surface area contributed by atoms with Crippen molar-refractivity contribution in [2.45, 2.75) is 4.90 Å². The maximum absolute atomic E-state index is 13.0. The van der Waals surface area contributed by atoms with Crippen molar-refractivity contribution in [3.8, 4) is 11.5 Å². The van der Waals surface area contributed by atoms with E-state index in [1.807, 2.05) is 24.3 Å². The van der Waals surface area contributed by atoms with E-state index >= 15 is 0 Å².